The number of rotatable bonds is 29. The number of carbonyl (C=O) groups excluding carboxylic acids is 1. The molecule has 0 aromatic heterocycles. The van der Waals surface area contributed by atoms with Crippen molar-refractivity contribution in [2.45, 2.75) is 271 Å². The van der Waals surface area contributed by atoms with Crippen molar-refractivity contribution in [3.05, 3.63) is 23.8 Å². The van der Waals surface area contributed by atoms with E-state index in [1.54, 1.807) is 0 Å². The van der Waals surface area contributed by atoms with Gasteiger partial charge in [-0.15, -0.1) is 0 Å². The quantitative estimate of drug-likeness (QED) is 0.0390. The fraction of sp³-hybridized carbons (Fsp3) is 0.912. The second-order valence-corrected chi connectivity index (χ2v) is 23.0. The number of fused-ring (bicyclic) bond motifs is 5. The molecule has 370 valence electrons. The van der Waals surface area contributed by atoms with Crippen LogP contribution in [-0.2, 0) is 19.0 Å². The largest absolute Gasteiger partial charge is 0.463 e. The second-order valence-electron chi connectivity index (χ2n) is 23.0. The van der Waals surface area contributed by atoms with E-state index in [1.807, 2.05) is 0 Å². The van der Waals surface area contributed by atoms with Gasteiger partial charge in [0.1, 0.15) is 31.0 Å². The van der Waals surface area contributed by atoms with Crippen molar-refractivity contribution in [3.8, 4) is 0 Å². The molecule has 1 saturated heterocycles. The van der Waals surface area contributed by atoms with Gasteiger partial charge in [0.25, 0.3) is 0 Å². The van der Waals surface area contributed by atoms with Gasteiger partial charge < -0.3 is 29.5 Å². The molecule has 7 heteroatoms. The summed E-state index contributed by atoms with van der Waals surface area (Å²) in [6, 6.07) is 0. The lowest BCUT2D eigenvalue weighted by atomic mass is 9.47. The molecule has 0 spiro atoms. The number of hydrogen-bond donors (Lipinski definition) is 3. The summed E-state index contributed by atoms with van der Waals surface area (Å²) >= 11 is 0. The third kappa shape index (κ3) is 14.9. The van der Waals surface area contributed by atoms with Crippen LogP contribution >= 0.6 is 0 Å². The standard InChI is InChI=1S/C57H100O7/c1-8-9-10-11-12-13-14-15-16-17-18-19-20-21-22-23-24-25-26-27-28-51(58)62-40-50-52(59)53(60)54(61)55(64-50)63-45-35-37-56(6)44(39-45)31-32-46-48-34-33-47(57(48,7)38-36-49(46)56)43(5)30-29-42(4)41(2)3/h29-31,41-43,45-50,52-55,59-61H,8-28,32-40H2,1-7H3/b30-29+. The first-order valence-corrected chi connectivity index (χ1v) is 27.7. The van der Waals surface area contributed by atoms with Crippen LogP contribution in [0.5, 0.6) is 0 Å². The highest BCUT2D eigenvalue weighted by Crippen LogP contribution is 2.67. The Morgan fingerprint density at radius 2 is 1.30 bits per heavy atom. The monoisotopic (exact) mass is 897 g/mol. The average Bonchev–Trinajstić information content (AvgIpc) is 3.64. The fourth-order valence-electron chi connectivity index (χ4n) is 13.5. The molecule has 1 aliphatic heterocycles. The number of unbranched alkanes of at least 4 members (excludes halogenated alkanes) is 19. The van der Waals surface area contributed by atoms with Crippen molar-refractivity contribution in [2.24, 2.45) is 52.3 Å². The van der Waals surface area contributed by atoms with Crippen LogP contribution in [0.15, 0.2) is 23.8 Å². The number of carbonyl (C=O) groups is 1. The van der Waals surface area contributed by atoms with Gasteiger partial charge in [0, 0.05) is 6.42 Å². The highest BCUT2D eigenvalue weighted by Gasteiger charge is 2.59. The highest BCUT2D eigenvalue weighted by atomic mass is 16.7. The fourth-order valence-corrected chi connectivity index (χ4v) is 13.5. The molecule has 5 rings (SSSR count). The zero-order valence-corrected chi connectivity index (χ0v) is 42.4. The molecule has 5 aliphatic rings. The molecule has 0 aromatic carbocycles. The Morgan fingerprint density at radius 3 is 1.88 bits per heavy atom. The first-order valence-electron chi connectivity index (χ1n) is 27.7. The molecule has 4 aliphatic carbocycles. The van der Waals surface area contributed by atoms with Gasteiger partial charge in [-0.25, -0.2) is 0 Å². The van der Waals surface area contributed by atoms with Crippen molar-refractivity contribution < 1.29 is 34.3 Å². The Kier molecular flexibility index (Phi) is 22.7. The molecule has 0 bridgehead atoms. The van der Waals surface area contributed by atoms with Crippen LogP contribution < -0.4 is 0 Å². The minimum atomic E-state index is -1.45. The molecule has 7 nitrogen and oxygen atoms in total. The summed E-state index contributed by atoms with van der Waals surface area (Å²) in [7, 11) is 0. The lowest BCUT2D eigenvalue weighted by molar-refractivity contribution is -0.313. The van der Waals surface area contributed by atoms with Crippen LogP contribution in [0, 0.1) is 52.3 Å². The van der Waals surface area contributed by atoms with Crippen molar-refractivity contribution in [1.82, 2.24) is 0 Å². The lowest BCUT2D eigenvalue weighted by Crippen LogP contribution is -2.60. The minimum absolute atomic E-state index is 0.147. The van der Waals surface area contributed by atoms with E-state index in [9.17, 15) is 20.1 Å². The van der Waals surface area contributed by atoms with Crippen LogP contribution in [0.1, 0.15) is 235 Å². The van der Waals surface area contributed by atoms with E-state index in [0.717, 1.165) is 62.7 Å². The molecule has 0 radical (unpaired) electrons. The lowest BCUT2D eigenvalue weighted by Gasteiger charge is -2.58. The Morgan fingerprint density at radius 1 is 0.719 bits per heavy atom. The van der Waals surface area contributed by atoms with Gasteiger partial charge in [0.15, 0.2) is 6.29 Å². The Labute approximate surface area is 393 Å². The molecule has 3 saturated carbocycles. The number of aliphatic hydroxyl groups excluding tert-OH is 3. The topological polar surface area (TPSA) is 105 Å². The molecule has 14 unspecified atom stereocenters. The van der Waals surface area contributed by atoms with Gasteiger partial charge in [0.05, 0.1) is 6.10 Å². The first kappa shape index (κ1) is 53.7. The Balaban J connectivity index is 0.947. The number of ether oxygens (including phenoxy) is 3. The molecule has 14 atom stereocenters. The molecule has 1 heterocycles. The summed E-state index contributed by atoms with van der Waals surface area (Å²) in [5, 5.41) is 32.6. The van der Waals surface area contributed by atoms with Crippen molar-refractivity contribution in [2.75, 3.05) is 6.61 Å². The normalized spacial score (nSPS) is 34.9. The SMILES string of the molecule is CCCCCCCCCCCCCCCCCCCCCCC(=O)OCC1OC(OC2CCC3(C)C(=CCC4C3CCC3(C)C(C(C)/C=C/C(C)C(C)C)CCC43)C2)C(O)C(O)C1O. The van der Waals surface area contributed by atoms with E-state index in [2.05, 4.69) is 66.7 Å². The summed E-state index contributed by atoms with van der Waals surface area (Å²) in [6.45, 7) is 16.7. The molecule has 64 heavy (non-hydrogen) atoms. The van der Waals surface area contributed by atoms with Crippen LogP contribution in [0.4, 0.5) is 0 Å². The summed E-state index contributed by atoms with van der Waals surface area (Å²) in [5.74, 6) is 4.56. The molecule has 0 amide bonds. The summed E-state index contributed by atoms with van der Waals surface area (Å²) in [4.78, 5) is 12.7. The van der Waals surface area contributed by atoms with E-state index in [-0.39, 0.29) is 24.1 Å². The zero-order chi connectivity index (χ0) is 46.1. The van der Waals surface area contributed by atoms with Crippen molar-refractivity contribution in [3.63, 3.8) is 0 Å². The van der Waals surface area contributed by atoms with Crippen LogP contribution in [0.2, 0.25) is 0 Å². The predicted octanol–water partition coefficient (Wildman–Crippen LogP) is 14.0. The van der Waals surface area contributed by atoms with Crippen molar-refractivity contribution >= 4 is 5.97 Å². The third-order valence-corrected chi connectivity index (χ3v) is 18.2. The van der Waals surface area contributed by atoms with E-state index >= 15 is 0 Å². The smallest absolute Gasteiger partial charge is 0.305 e. The van der Waals surface area contributed by atoms with Gasteiger partial charge in [-0.1, -0.05) is 194 Å². The zero-order valence-electron chi connectivity index (χ0n) is 42.4. The number of aliphatic hydroxyl groups is 3. The second kappa shape index (κ2) is 27.1. The predicted molar refractivity (Wildman–Crippen MR) is 263 cm³/mol. The van der Waals surface area contributed by atoms with Gasteiger partial charge >= 0.3 is 5.97 Å². The molecular weight excluding hydrogens is 797 g/mol. The van der Waals surface area contributed by atoms with Crippen LogP contribution in [0.25, 0.3) is 0 Å². The van der Waals surface area contributed by atoms with Crippen LogP contribution in [-0.4, -0.2) is 64.7 Å². The molecule has 3 N–H and O–H groups in total. The highest BCUT2D eigenvalue weighted by molar-refractivity contribution is 5.69. The van der Waals surface area contributed by atoms with E-state index in [1.165, 1.54) is 140 Å². The van der Waals surface area contributed by atoms with Crippen molar-refractivity contribution in [1.29, 1.82) is 0 Å². The number of esters is 1. The number of hydrogen-bond acceptors (Lipinski definition) is 7. The maximum atomic E-state index is 12.7. The van der Waals surface area contributed by atoms with E-state index in [4.69, 9.17) is 14.2 Å². The maximum absolute atomic E-state index is 12.7. The van der Waals surface area contributed by atoms with Gasteiger partial charge in [0.2, 0.25) is 0 Å². The summed E-state index contributed by atoms with van der Waals surface area (Å²) in [5.41, 5.74) is 2.05. The average molecular weight is 897 g/mol. The number of allylic oxidation sites excluding steroid dienone is 3. The summed E-state index contributed by atoms with van der Waals surface area (Å²) in [6.07, 6.45) is 37.0. The van der Waals surface area contributed by atoms with E-state index in [0.29, 0.717) is 35.5 Å². The maximum Gasteiger partial charge on any atom is 0.305 e. The summed E-state index contributed by atoms with van der Waals surface area (Å²) < 4.78 is 18.1. The van der Waals surface area contributed by atoms with Crippen LogP contribution in [0.3, 0.4) is 0 Å². The van der Waals surface area contributed by atoms with Gasteiger partial charge in [-0.2, -0.15) is 0 Å². The Hall–Kier alpha value is -1.25. The molecular formula is C57H100O7. The molecule has 4 fully saturated rings. The van der Waals surface area contributed by atoms with E-state index < -0.39 is 30.7 Å². The van der Waals surface area contributed by atoms with Gasteiger partial charge in [-0.05, 0) is 110 Å². The first-order chi connectivity index (χ1) is 30.8. The minimum Gasteiger partial charge on any atom is -0.463 e. The Bertz CT molecular complexity index is 1390. The third-order valence-electron chi connectivity index (χ3n) is 18.2. The molecule has 0 aromatic rings. The van der Waals surface area contributed by atoms with Gasteiger partial charge in [-0.3, -0.25) is 4.79 Å².